The zero-order chi connectivity index (χ0) is 30.6. The molecular formula is C36H46N2O5. The van der Waals surface area contributed by atoms with Gasteiger partial charge in [0.1, 0.15) is 11.4 Å². The molecule has 0 aromatic heterocycles. The topological polar surface area (TPSA) is 60.5 Å². The van der Waals surface area contributed by atoms with Crippen molar-refractivity contribution in [3.05, 3.63) is 71.8 Å². The highest BCUT2D eigenvalue weighted by Gasteiger charge is 2.31. The number of rotatable bonds is 9. The van der Waals surface area contributed by atoms with Crippen LogP contribution in [0.25, 0.3) is 11.1 Å². The molecule has 1 heterocycles. The van der Waals surface area contributed by atoms with E-state index in [-0.39, 0.29) is 12.1 Å². The van der Waals surface area contributed by atoms with Crippen molar-refractivity contribution in [2.75, 3.05) is 39.3 Å². The summed E-state index contributed by atoms with van der Waals surface area (Å²) < 4.78 is 23.0. The molecule has 43 heavy (non-hydrogen) atoms. The monoisotopic (exact) mass is 586 g/mol. The van der Waals surface area contributed by atoms with Crippen LogP contribution >= 0.6 is 0 Å². The lowest BCUT2D eigenvalue weighted by molar-refractivity contribution is 0.0204. The molecule has 2 aliphatic rings. The molecule has 1 aliphatic heterocycles. The minimum atomic E-state index is -0.505. The number of hydrogen-bond donors (Lipinski definition) is 0. The van der Waals surface area contributed by atoms with Gasteiger partial charge in [-0.3, -0.25) is 0 Å². The molecule has 0 spiro atoms. The van der Waals surface area contributed by atoms with Crippen molar-refractivity contribution in [2.24, 2.45) is 0 Å². The summed E-state index contributed by atoms with van der Waals surface area (Å²) >= 11 is 0. The third kappa shape index (κ3) is 7.03. The Labute approximate surface area is 256 Å². The summed E-state index contributed by atoms with van der Waals surface area (Å²) in [7, 11) is 5.16. The van der Waals surface area contributed by atoms with Crippen LogP contribution in [-0.4, -0.2) is 57.1 Å². The maximum absolute atomic E-state index is 12.8. The minimum Gasteiger partial charge on any atom is -0.495 e. The fourth-order valence-electron chi connectivity index (χ4n) is 6.19. The molecule has 1 amide bonds. The van der Waals surface area contributed by atoms with Gasteiger partial charge in [0.15, 0.2) is 11.5 Å². The Morgan fingerprint density at radius 1 is 0.837 bits per heavy atom. The van der Waals surface area contributed by atoms with Crippen molar-refractivity contribution in [1.82, 2.24) is 4.90 Å². The van der Waals surface area contributed by atoms with Crippen molar-refractivity contribution < 1.29 is 23.7 Å². The van der Waals surface area contributed by atoms with Crippen LogP contribution in [0.1, 0.15) is 69.9 Å². The predicted octanol–water partition coefficient (Wildman–Crippen LogP) is 8.05. The molecule has 230 valence electrons. The maximum atomic E-state index is 12.8. The number of amides is 1. The van der Waals surface area contributed by atoms with E-state index in [4.69, 9.17) is 18.9 Å². The largest absolute Gasteiger partial charge is 0.495 e. The van der Waals surface area contributed by atoms with Crippen molar-refractivity contribution in [2.45, 2.75) is 77.0 Å². The van der Waals surface area contributed by atoms with Gasteiger partial charge in [-0.1, -0.05) is 36.8 Å². The van der Waals surface area contributed by atoms with Crippen molar-refractivity contribution >= 4 is 11.8 Å². The lowest BCUT2D eigenvalue weighted by atomic mass is 9.78. The molecule has 7 heteroatoms. The standard InChI is InChI=1S/C36H46N2O5/c1-36(2,3)43-35(39)37-19-17-29(18-20-37)38(31-15-7-8-16-32(31)40-4)24-25-11-9-14-27(21-25)28-22-30(26-12-10-13-26)34(42-6)33(23-28)41-5/h7-9,11,14-16,21-23,26,29H,10,12-13,17-20,24H2,1-6H3. The number of methoxy groups -OCH3 is 3. The molecule has 7 nitrogen and oxygen atoms in total. The SMILES string of the molecule is COc1ccccc1N(Cc1cccc(-c2cc(OC)c(OC)c(C3CCC3)c2)c1)C1CCN(C(=O)OC(C)(C)C)CC1. The second kappa shape index (κ2) is 13.2. The lowest BCUT2D eigenvalue weighted by Crippen LogP contribution is -2.48. The Hall–Kier alpha value is -3.87. The quantitative estimate of drug-likeness (QED) is 0.253. The number of nitrogens with zero attached hydrogens (tertiary/aromatic N) is 2. The maximum Gasteiger partial charge on any atom is 0.410 e. The average Bonchev–Trinajstić information content (AvgIpc) is 2.98. The first-order valence-electron chi connectivity index (χ1n) is 15.4. The number of benzene rings is 3. The molecule has 2 fully saturated rings. The first kappa shape index (κ1) is 30.6. The van der Waals surface area contributed by atoms with Crippen LogP contribution < -0.4 is 19.1 Å². The summed E-state index contributed by atoms with van der Waals surface area (Å²) in [5.74, 6) is 2.99. The summed E-state index contributed by atoms with van der Waals surface area (Å²) in [5.41, 5.74) is 5.28. The zero-order valence-corrected chi connectivity index (χ0v) is 26.5. The predicted molar refractivity (Wildman–Crippen MR) is 172 cm³/mol. The molecular weight excluding hydrogens is 540 g/mol. The number of ether oxygens (including phenoxy) is 4. The van der Waals surface area contributed by atoms with Gasteiger partial charge in [0.25, 0.3) is 0 Å². The van der Waals surface area contributed by atoms with Crippen molar-refractivity contribution in [3.63, 3.8) is 0 Å². The zero-order valence-electron chi connectivity index (χ0n) is 26.5. The average molecular weight is 587 g/mol. The molecule has 0 radical (unpaired) electrons. The summed E-state index contributed by atoms with van der Waals surface area (Å²) in [4.78, 5) is 17.0. The molecule has 0 bridgehead atoms. The van der Waals surface area contributed by atoms with E-state index in [1.54, 1.807) is 21.3 Å². The van der Waals surface area contributed by atoms with E-state index >= 15 is 0 Å². The van der Waals surface area contributed by atoms with Crippen LogP contribution in [0.3, 0.4) is 0 Å². The Balaban J connectivity index is 1.42. The summed E-state index contributed by atoms with van der Waals surface area (Å²) in [6.07, 6.45) is 5.08. The lowest BCUT2D eigenvalue weighted by Gasteiger charge is -2.40. The smallest absolute Gasteiger partial charge is 0.410 e. The molecule has 3 aromatic carbocycles. The number of piperidine rings is 1. The highest BCUT2D eigenvalue weighted by Crippen LogP contribution is 2.46. The number of para-hydroxylation sites is 2. The Kier molecular flexibility index (Phi) is 9.38. The summed E-state index contributed by atoms with van der Waals surface area (Å²) in [6.45, 7) is 7.75. The summed E-state index contributed by atoms with van der Waals surface area (Å²) in [6, 6.07) is 21.6. The van der Waals surface area contributed by atoms with Gasteiger partial charge in [0.2, 0.25) is 0 Å². The number of hydrogen-bond acceptors (Lipinski definition) is 6. The molecule has 1 aliphatic carbocycles. The van der Waals surface area contributed by atoms with E-state index < -0.39 is 5.60 Å². The van der Waals surface area contributed by atoms with E-state index in [0.29, 0.717) is 25.6 Å². The molecule has 3 aromatic rings. The van der Waals surface area contributed by atoms with Crippen LogP contribution in [0.15, 0.2) is 60.7 Å². The first-order valence-corrected chi connectivity index (χ1v) is 15.4. The van der Waals surface area contributed by atoms with Gasteiger partial charge >= 0.3 is 6.09 Å². The van der Waals surface area contributed by atoms with Gasteiger partial charge in [-0.05, 0) is 99.4 Å². The Morgan fingerprint density at radius 3 is 2.19 bits per heavy atom. The number of likely N-dealkylation sites (tertiary alicyclic amines) is 1. The van der Waals surface area contributed by atoms with E-state index in [0.717, 1.165) is 46.9 Å². The highest BCUT2D eigenvalue weighted by molar-refractivity contribution is 5.71. The molecule has 0 unspecified atom stereocenters. The van der Waals surface area contributed by atoms with Gasteiger partial charge in [0, 0.05) is 31.2 Å². The third-order valence-corrected chi connectivity index (χ3v) is 8.62. The number of carbonyl (C=O) groups is 1. The van der Waals surface area contributed by atoms with E-state index in [1.807, 2.05) is 37.8 Å². The molecule has 0 N–H and O–H groups in total. The Bertz CT molecular complexity index is 1400. The van der Waals surface area contributed by atoms with E-state index in [2.05, 4.69) is 53.4 Å². The van der Waals surface area contributed by atoms with E-state index in [9.17, 15) is 4.79 Å². The van der Waals surface area contributed by atoms with Gasteiger partial charge in [-0.15, -0.1) is 0 Å². The van der Waals surface area contributed by atoms with Gasteiger partial charge in [0.05, 0.1) is 27.0 Å². The molecule has 1 saturated heterocycles. The normalized spacial score (nSPS) is 15.9. The van der Waals surface area contributed by atoms with Gasteiger partial charge in [-0.25, -0.2) is 4.79 Å². The van der Waals surface area contributed by atoms with Crippen LogP contribution in [0.5, 0.6) is 17.2 Å². The van der Waals surface area contributed by atoms with Gasteiger partial charge in [-0.2, -0.15) is 0 Å². The second-order valence-corrected chi connectivity index (χ2v) is 12.6. The number of anilines is 1. The first-order chi connectivity index (χ1) is 20.7. The Morgan fingerprint density at radius 2 is 1.56 bits per heavy atom. The minimum absolute atomic E-state index is 0.237. The molecule has 1 saturated carbocycles. The molecule has 5 rings (SSSR count). The van der Waals surface area contributed by atoms with Crippen molar-refractivity contribution in [1.29, 1.82) is 0 Å². The van der Waals surface area contributed by atoms with Crippen LogP contribution in [0, 0.1) is 0 Å². The van der Waals surface area contributed by atoms with Crippen molar-refractivity contribution in [3.8, 4) is 28.4 Å². The van der Waals surface area contributed by atoms with Gasteiger partial charge < -0.3 is 28.7 Å². The molecule has 0 atom stereocenters. The fourth-order valence-corrected chi connectivity index (χ4v) is 6.19. The van der Waals surface area contributed by atoms with Crippen LogP contribution in [0.2, 0.25) is 0 Å². The fraction of sp³-hybridized carbons (Fsp3) is 0.472. The second-order valence-electron chi connectivity index (χ2n) is 12.6. The third-order valence-electron chi connectivity index (χ3n) is 8.62. The van der Waals surface area contributed by atoms with Crippen LogP contribution in [-0.2, 0) is 11.3 Å². The highest BCUT2D eigenvalue weighted by atomic mass is 16.6. The van der Waals surface area contributed by atoms with Crippen LogP contribution in [0.4, 0.5) is 10.5 Å². The van der Waals surface area contributed by atoms with E-state index in [1.165, 1.54) is 30.4 Å². The number of carbonyl (C=O) groups excluding carboxylic acids is 1. The summed E-state index contributed by atoms with van der Waals surface area (Å²) in [5, 5.41) is 0.